The molecule has 0 amide bonds. The molecule has 158 valence electrons. The van der Waals surface area contributed by atoms with Crippen molar-refractivity contribution in [3.63, 3.8) is 0 Å². The zero-order chi connectivity index (χ0) is 21.8. The van der Waals surface area contributed by atoms with Gasteiger partial charge in [0, 0.05) is 38.6 Å². The number of nitriles is 1. The number of piperazine rings is 1. The standard InChI is InChI=1S/C20H18ClN7O2S/c21-18-12-16(26-31(29,30)17-4-2-15(13-22)3-5-17)14-25-19(18)27-8-10-28(11-9-27)20-23-6-1-7-24-20/h1-7,12,14,26H,8-11H2. The van der Waals surface area contributed by atoms with Gasteiger partial charge in [-0.3, -0.25) is 4.72 Å². The molecule has 0 saturated carbocycles. The summed E-state index contributed by atoms with van der Waals surface area (Å²) in [7, 11) is -3.82. The van der Waals surface area contributed by atoms with Crippen molar-refractivity contribution < 1.29 is 8.42 Å². The van der Waals surface area contributed by atoms with Gasteiger partial charge in [-0.1, -0.05) is 11.6 Å². The van der Waals surface area contributed by atoms with E-state index < -0.39 is 10.0 Å². The molecule has 0 atom stereocenters. The summed E-state index contributed by atoms with van der Waals surface area (Å²) in [5, 5.41) is 9.20. The van der Waals surface area contributed by atoms with Crippen molar-refractivity contribution in [1.82, 2.24) is 15.0 Å². The van der Waals surface area contributed by atoms with Gasteiger partial charge in [0.1, 0.15) is 5.82 Å². The van der Waals surface area contributed by atoms with Gasteiger partial charge in [-0.05, 0) is 36.4 Å². The summed E-state index contributed by atoms with van der Waals surface area (Å²) < 4.78 is 27.6. The Labute approximate surface area is 185 Å². The van der Waals surface area contributed by atoms with E-state index in [2.05, 4.69) is 24.6 Å². The second-order valence-electron chi connectivity index (χ2n) is 6.79. The fraction of sp³-hybridized carbons (Fsp3) is 0.200. The molecule has 0 bridgehead atoms. The highest BCUT2D eigenvalue weighted by Crippen LogP contribution is 2.28. The Morgan fingerprint density at radius 1 is 1.00 bits per heavy atom. The van der Waals surface area contributed by atoms with Gasteiger partial charge in [0.05, 0.1) is 33.4 Å². The molecule has 1 aromatic carbocycles. The predicted molar refractivity (Wildman–Crippen MR) is 118 cm³/mol. The highest BCUT2D eigenvalue weighted by molar-refractivity contribution is 7.92. The van der Waals surface area contributed by atoms with E-state index >= 15 is 0 Å². The van der Waals surface area contributed by atoms with Gasteiger partial charge in [0.25, 0.3) is 10.0 Å². The number of halogens is 1. The van der Waals surface area contributed by atoms with Crippen molar-refractivity contribution in [2.24, 2.45) is 0 Å². The smallest absolute Gasteiger partial charge is 0.261 e. The average Bonchev–Trinajstić information content (AvgIpc) is 2.80. The molecule has 3 heterocycles. The third-order valence-electron chi connectivity index (χ3n) is 4.78. The molecule has 0 radical (unpaired) electrons. The summed E-state index contributed by atoms with van der Waals surface area (Å²) in [6, 6.07) is 10.9. The molecule has 1 saturated heterocycles. The fourth-order valence-electron chi connectivity index (χ4n) is 3.21. The van der Waals surface area contributed by atoms with Crippen LogP contribution in [0.15, 0.2) is 59.9 Å². The van der Waals surface area contributed by atoms with Crippen LogP contribution >= 0.6 is 11.6 Å². The molecule has 4 rings (SSSR count). The van der Waals surface area contributed by atoms with Crippen LogP contribution in [0.5, 0.6) is 0 Å². The molecule has 1 fully saturated rings. The summed E-state index contributed by atoms with van der Waals surface area (Å²) in [6.07, 6.45) is 4.87. The summed E-state index contributed by atoms with van der Waals surface area (Å²) in [4.78, 5) is 17.1. The van der Waals surface area contributed by atoms with Crippen molar-refractivity contribution in [1.29, 1.82) is 5.26 Å². The maximum atomic E-state index is 12.6. The van der Waals surface area contributed by atoms with Crippen LogP contribution in [0, 0.1) is 11.3 Å². The fourth-order valence-corrected chi connectivity index (χ4v) is 4.53. The van der Waals surface area contributed by atoms with Crippen LogP contribution in [0.3, 0.4) is 0 Å². The second kappa shape index (κ2) is 8.75. The Balaban J connectivity index is 1.44. The van der Waals surface area contributed by atoms with Crippen LogP contribution in [-0.2, 0) is 10.0 Å². The maximum absolute atomic E-state index is 12.6. The van der Waals surface area contributed by atoms with E-state index in [1.807, 2.05) is 11.0 Å². The molecule has 31 heavy (non-hydrogen) atoms. The highest BCUT2D eigenvalue weighted by Gasteiger charge is 2.22. The molecule has 11 heteroatoms. The number of pyridine rings is 1. The van der Waals surface area contributed by atoms with Gasteiger partial charge in [0.2, 0.25) is 5.95 Å². The Morgan fingerprint density at radius 2 is 1.65 bits per heavy atom. The van der Waals surface area contributed by atoms with Crippen LogP contribution in [-0.4, -0.2) is 49.5 Å². The first kappa shape index (κ1) is 20.8. The molecular formula is C20H18ClN7O2S. The monoisotopic (exact) mass is 455 g/mol. The lowest BCUT2D eigenvalue weighted by Crippen LogP contribution is -2.47. The van der Waals surface area contributed by atoms with Gasteiger partial charge in [0.15, 0.2) is 0 Å². The number of aromatic nitrogens is 3. The second-order valence-corrected chi connectivity index (χ2v) is 8.88. The van der Waals surface area contributed by atoms with Gasteiger partial charge >= 0.3 is 0 Å². The summed E-state index contributed by atoms with van der Waals surface area (Å²) in [5.74, 6) is 1.28. The quantitative estimate of drug-likeness (QED) is 0.624. The minimum absolute atomic E-state index is 0.0472. The lowest BCUT2D eigenvalue weighted by Gasteiger charge is -2.35. The van der Waals surface area contributed by atoms with Gasteiger partial charge < -0.3 is 9.80 Å². The van der Waals surface area contributed by atoms with Crippen LogP contribution < -0.4 is 14.5 Å². The number of nitrogens with one attached hydrogen (secondary N) is 1. The normalized spacial score (nSPS) is 14.2. The minimum atomic E-state index is -3.82. The molecule has 1 aliphatic rings. The van der Waals surface area contributed by atoms with Crippen LogP contribution in [0.4, 0.5) is 17.5 Å². The molecule has 1 N–H and O–H groups in total. The molecule has 0 unspecified atom stereocenters. The van der Waals surface area contributed by atoms with Gasteiger partial charge in [-0.15, -0.1) is 0 Å². The van der Waals surface area contributed by atoms with Crippen molar-refractivity contribution in [3.05, 3.63) is 65.6 Å². The Kier molecular flexibility index (Phi) is 5.88. The van der Waals surface area contributed by atoms with E-state index in [9.17, 15) is 8.42 Å². The number of hydrogen-bond acceptors (Lipinski definition) is 8. The first-order valence-electron chi connectivity index (χ1n) is 9.42. The Bertz CT molecular complexity index is 1210. The number of hydrogen-bond donors (Lipinski definition) is 1. The first-order valence-corrected chi connectivity index (χ1v) is 11.3. The Morgan fingerprint density at radius 3 is 2.26 bits per heavy atom. The summed E-state index contributed by atoms with van der Waals surface area (Å²) >= 11 is 6.42. The number of nitrogens with zero attached hydrogens (tertiary/aromatic N) is 6. The number of benzene rings is 1. The predicted octanol–water partition coefficient (Wildman–Crippen LogP) is 2.52. The van der Waals surface area contributed by atoms with E-state index in [-0.39, 0.29) is 10.6 Å². The third-order valence-corrected chi connectivity index (χ3v) is 6.46. The number of anilines is 3. The largest absolute Gasteiger partial charge is 0.352 e. The van der Waals surface area contributed by atoms with Crippen LogP contribution in [0.1, 0.15) is 5.56 Å². The lowest BCUT2D eigenvalue weighted by molar-refractivity contribution is 0.601. The van der Waals surface area contributed by atoms with Crippen molar-refractivity contribution in [3.8, 4) is 6.07 Å². The van der Waals surface area contributed by atoms with Crippen molar-refractivity contribution >= 4 is 39.1 Å². The maximum Gasteiger partial charge on any atom is 0.261 e. The molecule has 3 aromatic rings. The van der Waals surface area contributed by atoms with Gasteiger partial charge in [-0.25, -0.2) is 23.4 Å². The van der Waals surface area contributed by atoms with Crippen LogP contribution in [0.25, 0.3) is 0 Å². The Hall–Kier alpha value is -3.42. The third kappa shape index (κ3) is 4.68. The number of sulfonamides is 1. The average molecular weight is 456 g/mol. The summed E-state index contributed by atoms with van der Waals surface area (Å²) in [6.45, 7) is 2.80. The topological polar surface area (TPSA) is 115 Å². The lowest BCUT2D eigenvalue weighted by atomic mass is 10.2. The SMILES string of the molecule is N#Cc1ccc(S(=O)(=O)Nc2cnc(N3CCN(c4ncccn4)CC3)c(Cl)c2)cc1. The van der Waals surface area contributed by atoms with Crippen molar-refractivity contribution in [2.75, 3.05) is 40.7 Å². The summed E-state index contributed by atoms with van der Waals surface area (Å²) in [5.41, 5.74) is 0.640. The minimum Gasteiger partial charge on any atom is -0.352 e. The van der Waals surface area contributed by atoms with E-state index in [0.717, 1.165) is 13.1 Å². The molecular weight excluding hydrogens is 438 g/mol. The highest BCUT2D eigenvalue weighted by atomic mass is 35.5. The first-order chi connectivity index (χ1) is 15.0. The molecule has 0 aliphatic carbocycles. The van der Waals surface area contributed by atoms with E-state index in [0.29, 0.717) is 35.4 Å². The molecule has 0 spiro atoms. The zero-order valence-electron chi connectivity index (χ0n) is 16.3. The molecule has 2 aromatic heterocycles. The number of rotatable bonds is 5. The van der Waals surface area contributed by atoms with E-state index in [1.165, 1.54) is 36.5 Å². The zero-order valence-corrected chi connectivity index (χ0v) is 17.9. The molecule has 1 aliphatic heterocycles. The van der Waals surface area contributed by atoms with Crippen LogP contribution in [0.2, 0.25) is 5.02 Å². The van der Waals surface area contributed by atoms with Crippen molar-refractivity contribution in [2.45, 2.75) is 4.90 Å². The van der Waals surface area contributed by atoms with E-state index in [1.54, 1.807) is 18.5 Å². The van der Waals surface area contributed by atoms with E-state index in [4.69, 9.17) is 16.9 Å². The molecule has 9 nitrogen and oxygen atoms in total. The van der Waals surface area contributed by atoms with Gasteiger partial charge in [-0.2, -0.15) is 5.26 Å².